The van der Waals surface area contributed by atoms with E-state index in [4.69, 9.17) is 4.74 Å². The SMILES string of the molecule is CC(C)Oc1ccc(CNC(=O)[C@@H]2CC(=O)Nc3ccccc32)cn1. The summed E-state index contributed by atoms with van der Waals surface area (Å²) in [5.41, 5.74) is 2.42. The van der Waals surface area contributed by atoms with Gasteiger partial charge in [-0.3, -0.25) is 9.59 Å². The lowest BCUT2D eigenvalue weighted by Crippen LogP contribution is -2.34. The van der Waals surface area contributed by atoms with Gasteiger partial charge in [0.15, 0.2) is 0 Å². The molecule has 25 heavy (non-hydrogen) atoms. The van der Waals surface area contributed by atoms with Crippen LogP contribution in [0.1, 0.15) is 37.3 Å². The Bertz CT molecular complexity index is 772. The van der Waals surface area contributed by atoms with Gasteiger partial charge in [0.1, 0.15) is 0 Å². The fourth-order valence-corrected chi connectivity index (χ4v) is 2.78. The monoisotopic (exact) mass is 339 g/mol. The van der Waals surface area contributed by atoms with Gasteiger partial charge in [0.05, 0.1) is 12.0 Å². The molecule has 2 heterocycles. The van der Waals surface area contributed by atoms with E-state index in [-0.39, 0.29) is 24.3 Å². The quantitative estimate of drug-likeness (QED) is 0.877. The molecular weight excluding hydrogens is 318 g/mol. The third kappa shape index (κ3) is 4.15. The van der Waals surface area contributed by atoms with E-state index in [2.05, 4.69) is 15.6 Å². The maximum Gasteiger partial charge on any atom is 0.228 e. The first-order valence-electron chi connectivity index (χ1n) is 8.31. The maximum atomic E-state index is 12.6. The summed E-state index contributed by atoms with van der Waals surface area (Å²) in [6, 6.07) is 11.0. The number of pyridine rings is 1. The van der Waals surface area contributed by atoms with Crippen LogP contribution < -0.4 is 15.4 Å². The van der Waals surface area contributed by atoms with Gasteiger partial charge >= 0.3 is 0 Å². The highest BCUT2D eigenvalue weighted by molar-refractivity contribution is 6.01. The molecular formula is C19H21N3O3. The predicted molar refractivity (Wildman–Crippen MR) is 94.3 cm³/mol. The van der Waals surface area contributed by atoms with E-state index in [0.29, 0.717) is 18.1 Å². The minimum absolute atomic E-state index is 0.0653. The number of benzene rings is 1. The summed E-state index contributed by atoms with van der Waals surface area (Å²) in [5, 5.41) is 5.69. The van der Waals surface area contributed by atoms with Gasteiger partial charge in [-0.05, 0) is 31.0 Å². The highest BCUT2D eigenvalue weighted by Gasteiger charge is 2.30. The summed E-state index contributed by atoms with van der Waals surface area (Å²) in [6.07, 6.45) is 1.90. The molecule has 0 unspecified atom stereocenters. The van der Waals surface area contributed by atoms with Crippen molar-refractivity contribution in [1.29, 1.82) is 0 Å². The van der Waals surface area contributed by atoms with Crippen LogP contribution in [0.3, 0.4) is 0 Å². The molecule has 0 spiro atoms. The molecule has 3 rings (SSSR count). The first-order chi connectivity index (χ1) is 12.0. The fraction of sp³-hybridized carbons (Fsp3) is 0.316. The molecule has 0 radical (unpaired) electrons. The van der Waals surface area contributed by atoms with Gasteiger partial charge in [-0.1, -0.05) is 24.3 Å². The van der Waals surface area contributed by atoms with Gasteiger partial charge in [0.2, 0.25) is 17.7 Å². The Morgan fingerprint density at radius 3 is 2.84 bits per heavy atom. The largest absolute Gasteiger partial charge is 0.475 e. The number of hydrogen-bond acceptors (Lipinski definition) is 4. The Morgan fingerprint density at radius 2 is 2.12 bits per heavy atom. The van der Waals surface area contributed by atoms with E-state index in [1.165, 1.54) is 0 Å². The van der Waals surface area contributed by atoms with E-state index >= 15 is 0 Å². The van der Waals surface area contributed by atoms with Crippen LogP contribution in [-0.2, 0) is 16.1 Å². The predicted octanol–water partition coefficient (Wildman–Crippen LogP) is 2.61. The molecule has 0 saturated carbocycles. The van der Waals surface area contributed by atoms with E-state index in [1.807, 2.05) is 44.2 Å². The van der Waals surface area contributed by atoms with E-state index in [9.17, 15) is 9.59 Å². The van der Waals surface area contributed by atoms with Crippen molar-refractivity contribution in [2.45, 2.75) is 38.8 Å². The lowest BCUT2D eigenvalue weighted by molar-refractivity contribution is -0.126. The molecule has 6 heteroatoms. The zero-order valence-corrected chi connectivity index (χ0v) is 14.3. The van der Waals surface area contributed by atoms with E-state index in [1.54, 1.807) is 12.3 Å². The van der Waals surface area contributed by atoms with Crippen LogP contribution in [0.2, 0.25) is 0 Å². The summed E-state index contributed by atoms with van der Waals surface area (Å²) in [5.74, 6) is -0.218. The number of nitrogens with one attached hydrogen (secondary N) is 2. The minimum atomic E-state index is -0.471. The third-order valence-electron chi connectivity index (χ3n) is 3.94. The summed E-state index contributed by atoms with van der Waals surface area (Å²) in [6.45, 7) is 4.23. The summed E-state index contributed by atoms with van der Waals surface area (Å²) >= 11 is 0. The Labute approximate surface area is 146 Å². The van der Waals surface area contributed by atoms with Crippen molar-refractivity contribution in [1.82, 2.24) is 10.3 Å². The Morgan fingerprint density at radius 1 is 1.32 bits per heavy atom. The van der Waals surface area contributed by atoms with Crippen molar-refractivity contribution in [3.8, 4) is 5.88 Å². The Balaban J connectivity index is 1.64. The van der Waals surface area contributed by atoms with Crippen LogP contribution in [0, 0.1) is 0 Å². The average molecular weight is 339 g/mol. The number of para-hydroxylation sites is 1. The first kappa shape index (κ1) is 17.0. The summed E-state index contributed by atoms with van der Waals surface area (Å²) in [7, 11) is 0. The molecule has 0 saturated heterocycles. The zero-order chi connectivity index (χ0) is 17.8. The topological polar surface area (TPSA) is 80.3 Å². The highest BCUT2D eigenvalue weighted by Crippen LogP contribution is 2.32. The highest BCUT2D eigenvalue weighted by atomic mass is 16.5. The molecule has 1 aromatic heterocycles. The minimum Gasteiger partial charge on any atom is -0.475 e. The van der Waals surface area contributed by atoms with Crippen LogP contribution in [0.4, 0.5) is 5.69 Å². The van der Waals surface area contributed by atoms with Gasteiger partial charge in [-0.25, -0.2) is 4.98 Å². The van der Waals surface area contributed by atoms with Crippen molar-refractivity contribution in [3.05, 3.63) is 53.7 Å². The molecule has 0 aliphatic carbocycles. The number of amides is 2. The molecule has 1 atom stereocenters. The number of rotatable bonds is 5. The molecule has 0 bridgehead atoms. The number of anilines is 1. The Kier molecular flexibility index (Phi) is 4.97. The fourth-order valence-electron chi connectivity index (χ4n) is 2.78. The molecule has 1 aliphatic heterocycles. The second-order valence-electron chi connectivity index (χ2n) is 6.28. The molecule has 2 aromatic rings. The van der Waals surface area contributed by atoms with Gasteiger partial charge in [-0.15, -0.1) is 0 Å². The van der Waals surface area contributed by atoms with Crippen molar-refractivity contribution >= 4 is 17.5 Å². The normalized spacial score (nSPS) is 16.1. The number of fused-ring (bicyclic) bond motifs is 1. The van der Waals surface area contributed by atoms with E-state index in [0.717, 1.165) is 11.1 Å². The molecule has 1 aliphatic rings. The van der Waals surface area contributed by atoms with E-state index < -0.39 is 5.92 Å². The maximum absolute atomic E-state index is 12.6. The molecule has 0 fully saturated rings. The number of carbonyl (C=O) groups is 2. The standard InChI is InChI=1S/C19H21N3O3/c1-12(2)25-18-8-7-13(10-20-18)11-21-19(24)15-9-17(23)22-16-6-4-3-5-14(15)16/h3-8,10,12,15H,9,11H2,1-2H3,(H,21,24)(H,22,23)/t15-/m1/s1. The molecule has 130 valence electrons. The number of hydrogen-bond donors (Lipinski definition) is 2. The van der Waals surface area contributed by atoms with Gasteiger partial charge < -0.3 is 15.4 Å². The number of carbonyl (C=O) groups excluding carboxylic acids is 2. The molecule has 2 amide bonds. The third-order valence-corrected chi connectivity index (χ3v) is 3.94. The zero-order valence-electron chi connectivity index (χ0n) is 14.3. The first-order valence-corrected chi connectivity index (χ1v) is 8.31. The summed E-state index contributed by atoms with van der Waals surface area (Å²) in [4.78, 5) is 28.6. The average Bonchev–Trinajstić information content (AvgIpc) is 2.59. The molecule has 2 N–H and O–H groups in total. The molecule has 1 aromatic carbocycles. The Hall–Kier alpha value is -2.89. The number of aromatic nitrogens is 1. The van der Waals surface area contributed by atoms with Crippen LogP contribution in [-0.4, -0.2) is 22.9 Å². The number of ether oxygens (including phenoxy) is 1. The second kappa shape index (κ2) is 7.34. The lowest BCUT2D eigenvalue weighted by Gasteiger charge is -2.24. The van der Waals surface area contributed by atoms with Crippen LogP contribution in [0.15, 0.2) is 42.6 Å². The molecule has 6 nitrogen and oxygen atoms in total. The van der Waals surface area contributed by atoms with Crippen molar-refractivity contribution in [2.24, 2.45) is 0 Å². The second-order valence-corrected chi connectivity index (χ2v) is 6.28. The van der Waals surface area contributed by atoms with Crippen molar-refractivity contribution < 1.29 is 14.3 Å². The van der Waals surface area contributed by atoms with Gasteiger partial charge in [-0.2, -0.15) is 0 Å². The van der Waals surface area contributed by atoms with Crippen LogP contribution >= 0.6 is 0 Å². The lowest BCUT2D eigenvalue weighted by atomic mass is 9.90. The van der Waals surface area contributed by atoms with Crippen LogP contribution in [0.25, 0.3) is 0 Å². The van der Waals surface area contributed by atoms with Crippen molar-refractivity contribution in [2.75, 3.05) is 5.32 Å². The summed E-state index contributed by atoms with van der Waals surface area (Å²) < 4.78 is 5.50. The van der Waals surface area contributed by atoms with Gasteiger partial charge in [0.25, 0.3) is 0 Å². The van der Waals surface area contributed by atoms with Crippen LogP contribution in [0.5, 0.6) is 5.88 Å². The smallest absolute Gasteiger partial charge is 0.228 e. The van der Waals surface area contributed by atoms with Crippen molar-refractivity contribution in [3.63, 3.8) is 0 Å². The van der Waals surface area contributed by atoms with Gasteiger partial charge in [0, 0.05) is 30.9 Å². The number of nitrogens with zero attached hydrogens (tertiary/aromatic N) is 1.